The van der Waals surface area contributed by atoms with Crippen molar-refractivity contribution in [2.24, 2.45) is 0 Å². The van der Waals surface area contributed by atoms with Crippen molar-refractivity contribution in [2.45, 2.75) is 31.6 Å². The van der Waals surface area contributed by atoms with Gasteiger partial charge >= 0.3 is 6.18 Å². The first-order chi connectivity index (χ1) is 13.3. The number of anilines is 1. The maximum absolute atomic E-state index is 12.6. The molecule has 0 spiro atoms. The topological polar surface area (TPSA) is 90.5 Å². The van der Waals surface area contributed by atoms with Gasteiger partial charge in [-0.1, -0.05) is 11.6 Å². The van der Waals surface area contributed by atoms with Crippen LogP contribution in [0.15, 0.2) is 35.6 Å². The van der Waals surface area contributed by atoms with Crippen LogP contribution in [0.5, 0.6) is 0 Å². The molecule has 3 aromatic rings. The van der Waals surface area contributed by atoms with E-state index in [9.17, 15) is 18.0 Å². The summed E-state index contributed by atoms with van der Waals surface area (Å²) < 4.78 is 40.6. The zero-order chi connectivity index (χ0) is 19.9. The first kappa shape index (κ1) is 18.4. The lowest BCUT2D eigenvalue weighted by Gasteiger charge is -2.24. The van der Waals surface area contributed by atoms with Crippen molar-refractivity contribution < 1.29 is 13.2 Å². The molecule has 1 aliphatic rings. The summed E-state index contributed by atoms with van der Waals surface area (Å²) in [7, 11) is 0. The van der Waals surface area contributed by atoms with E-state index in [0.717, 1.165) is 35.5 Å². The molecule has 28 heavy (non-hydrogen) atoms. The second-order valence-electron chi connectivity index (χ2n) is 6.23. The molecule has 0 amide bonds. The van der Waals surface area contributed by atoms with Crippen LogP contribution in [0.4, 0.5) is 18.9 Å². The van der Waals surface area contributed by atoms with Gasteiger partial charge in [-0.3, -0.25) is 4.79 Å². The lowest BCUT2D eigenvalue weighted by atomic mass is 10.1. The molecule has 0 saturated heterocycles. The van der Waals surface area contributed by atoms with E-state index in [2.05, 4.69) is 25.5 Å². The smallest absolute Gasteiger partial charge is 0.378 e. The maximum Gasteiger partial charge on any atom is 0.417 e. The molecule has 4 heterocycles. The van der Waals surface area contributed by atoms with Crippen LogP contribution in [0.1, 0.15) is 17.8 Å². The molecule has 1 unspecified atom stereocenters. The van der Waals surface area contributed by atoms with E-state index in [4.69, 9.17) is 11.6 Å². The SMILES string of the molecule is O=c1c(Cl)c(NC2CCc3ncnn3C2)cnn1-c1ccc(C(F)(F)F)cn1. The number of hydrogen-bond acceptors (Lipinski definition) is 6. The monoisotopic (exact) mass is 411 g/mol. The Labute approximate surface area is 161 Å². The number of aromatic nitrogens is 6. The zero-order valence-electron chi connectivity index (χ0n) is 14.2. The van der Waals surface area contributed by atoms with Crippen LogP contribution in [0, 0.1) is 0 Å². The minimum Gasteiger partial charge on any atom is -0.378 e. The van der Waals surface area contributed by atoms with E-state index in [1.54, 1.807) is 4.68 Å². The van der Waals surface area contributed by atoms with E-state index >= 15 is 0 Å². The van der Waals surface area contributed by atoms with E-state index in [1.165, 1.54) is 12.5 Å². The molecule has 1 atom stereocenters. The molecule has 146 valence electrons. The van der Waals surface area contributed by atoms with Crippen molar-refractivity contribution in [3.05, 3.63) is 57.6 Å². The number of hydrogen-bond donors (Lipinski definition) is 1. The Morgan fingerprint density at radius 2 is 2.00 bits per heavy atom. The fourth-order valence-electron chi connectivity index (χ4n) is 2.95. The van der Waals surface area contributed by atoms with Gasteiger partial charge in [-0.25, -0.2) is 14.6 Å². The van der Waals surface area contributed by atoms with Gasteiger partial charge in [0.15, 0.2) is 5.82 Å². The molecule has 1 aliphatic heterocycles. The van der Waals surface area contributed by atoms with Crippen LogP contribution in [-0.2, 0) is 19.1 Å². The third kappa shape index (κ3) is 3.44. The molecule has 0 radical (unpaired) electrons. The highest BCUT2D eigenvalue weighted by molar-refractivity contribution is 6.32. The fourth-order valence-corrected chi connectivity index (χ4v) is 3.13. The second kappa shape index (κ2) is 6.89. The van der Waals surface area contributed by atoms with E-state index in [-0.39, 0.29) is 16.9 Å². The molecule has 3 aromatic heterocycles. The molecule has 0 saturated carbocycles. The Balaban J connectivity index is 1.56. The first-order valence-electron chi connectivity index (χ1n) is 8.27. The number of pyridine rings is 1. The summed E-state index contributed by atoms with van der Waals surface area (Å²) in [4.78, 5) is 20.3. The van der Waals surface area contributed by atoms with Crippen molar-refractivity contribution >= 4 is 17.3 Å². The number of rotatable bonds is 3. The molecule has 0 aromatic carbocycles. The Bertz CT molecular complexity index is 1060. The van der Waals surface area contributed by atoms with Crippen molar-refractivity contribution in [1.82, 2.24) is 29.5 Å². The van der Waals surface area contributed by atoms with Gasteiger partial charge in [0.05, 0.1) is 24.0 Å². The molecule has 4 rings (SSSR count). The third-order valence-electron chi connectivity index (χ3n) is 4.38. The summed E-state index contributed by atoms with van der Waals surface area (Å²) in [6, 6.07) is 1.87. The van der Waals surface area contributed by atoms with Crippen LogP contribution in [-0.4, -0.2) is 35.6 Å². The van der Waals surface area contributed by atoms with Crippen molar-refractivity contribution in [3.8, 4) is 5.82 Å². The van der Waals surface area contributed by atoms with Gasteiger partial charge in [-0.2, -0.15) is 28.1 Å². The van der Waals surface area contributed by atoms with Crippen molar-refractivity contribution in [1.29, 1.82) is 0 Å². The molecule has 8 nitrogen and oxygen atoms in total. The molecule has 1 N–H and O–H groups in total. The summed E-state index contributed by atoms with van der Waals surface area (Å²) in [6.07, 6.45) is 0.471. The average Bonchev–Trinajstić information content (AvgIpc) is 3.13. The highest BCUT2D eigenvalue weighted by Gasteiger charge is 2.31. The largest absolute Gasteiger partial charge is 0.417 e. The molecule has 0 bridgehead atoms. The summed E-state index contributed by atoms with van der Waals surface area (Å²) >= 11 is 6.17. The highest BCUT2D eigenvalue weighted by atomic mass is 35.5. The predicted molar refractivity (Wildman–Crippen MR) is 93.4 cm³/mol. The lowest BCUT2D eigenvalue weighted by molar-refractivity contribution is -0.137. The fraction of sp³-hybridized carbons (Fsp3) is 0.312. The minimum atomic E-state index is -4.51. The van der Waals surface area contributed by atoms with Crippen LogP contribution < -0.4 is 10.9 Å². The molecule has 0 aliphatic carbocycles. The number of nitrogens with one attached hydrogen (secondary N) is 1. The number of fused-ring (bicyclic) bond motifs is 1. The van der Waals surface area contributed by atoms with Crippen LogP contribution >= 0.6 is 11.6 Å². The Hall–Kier alpha value is -2.95. The van der Waals surface area contributed by atoms with Gasteiger partial charge in [-0.15, -0.1) is 0 Å². The van der Waals surface area contributed by atoms with E-state index < -0.39 is 17.3 Å². The predicted octanol–water partition coefficient (Wildman–Crippen LogP) is 2.32. The summed E-state index contributed by atoms with van der Waals surface area (Å²) in [5.74, 6) is 0.836. The number of nitrogens with zero attached hydrogens (tertiary/aromatic N) is 6. The highest BCUT2D eigenvalue weighted by Crippen LogP contribution is 2.28. The third-order valence-corrected chi connectivity index (χ3v) is 4.74. The standard InChI is InChI=1S/C16H13ClF3N7O/c17-14-11(25-10-2-4-12-22-8-24-26(12)7-10)6-23-27(15(14)28)13-3-1-9(5-21-13)16(18,19)20/h1,3,5-6,8,10,25H,2,4,7H2. The van der Waals surface area contributed by atoms with Gasteiger partial charge in [0.1, 0.15) is 17.2 Å². The second-order valence-corrected chi connectivity index (χ2v) is 6.61. The molecular weight excluding hydrogens is 399 g/mol. The van der Waals surface area contributed by atoms with Gasteiger partial charge < -0.3 is 5.32 Å². The minimum absolute atomic E-state index is 0.0204. The quantitative estimate of drug-likeness (QED) is 0.711. The zero-order valence-corrected chi connectivity index (χ0v) is 14.9. The van der Waals surface area contributed by atoms with Gasteiger partial charge in [-0.05, 0) is 18.6 Å². The molecule has 0 fully saturated rings. The Morgan fingerprint density at radius 3 is 2.71 bits per heavy atom. The summed E-state index contributed by atoms with van der Waals surface area (Å²) in [5.41, 5.74) is -1.27. The van der Waals surface area contributed by atoms with Crippen molar-refractivity contribution in [2.75, 3.05) is 5.32 Å². The molecule has 12 heteroatoms. The maximum atomic E-state index is 12.6. The Morgan fingerprint density at radius 1 is 1.18 bits per heavy atom. The number of halogens is 4. The lowest BCUT2D eigenvalue weighted by Crippen LogP contribution is -2.33. The van der Waals surface area contributed by atoms with Crippen molar-refractivity contribution in [3.63, 3.8) is 0 Å². The van der Waals surface area contributed by atoms with Crippen LogP contribution in [0.3, 0.4) is 0 Å². The van der Waals surface area contributed by atoms with Gasteiger partial charge in [0, 0.05) is 18.7 Å². The first-order valence-corrected chi connectivity index (χ1v) is 8.65. The normalized spacial score (nSPS) is 16.6. The van der Waals surface area contributed by atoms with E-state index in [0.29, 0.717) is 18.4 Å². The van der Waals surface area contributed by atoms with Gasteiger partial charge in [0.2, 0.25) is 0 Å². The van der Waals surface area contributed by atoms with E-state index in [1.807, 2.05) is 0 Å². The molecular formula is C16H13ClF3N7O. The van der Waals surface area contributed by atoms with Crippen LogP contribution in [0.2, 0.25) is 5.02 Å². The summed E-state index contributed by atoms with van der Waals surface area (Å²) in [6.45, 7) is 0.565. The Kier molecular flexibility index (Phi) is 4.53. The summed E-state index contributed by atoms with van der Waals surface area (Å²) in [5, 5.41) is 11.1. The number of alkyl halides is 3. The average molecular weight is 412 g/mol. The van der Waals surface area contributed by atoms with Crippen LogP contribution in [0.25, 0.3) is 5.82 Å². The number of aryl methyl sites for hydroxylation is 1. The van der Waals surface area contributed by atoms with Gasteiger partial charge in [0.25, 0.3) is 5.56 Å².